The quantitative estimate of drug-likeness (QED) is 0.606. The van der Waals surface area contributed by atoms with Gasteiger partial charge in [-0.25, -0.2) is 4.79 Å². The van der Waals surface area contributed by atoms with Crippen LogP contribution in [0.2, 0.25) is 0 Å². The van der Waals surface area contributed by atoms with E-state index < -0.39 is 23.9 Å². The summed E-state index contributed by atoms with van der Waals surface area (Å²) in [5.41, 5.74) is -0.506. The van der Waals surface area contributed by atoms with Crippen molar-refractivity contribution in [2.24, 2.45) is 0 Å². The second kappa shape index (κ2) is 5.69. The third-order valence-corrected chi connectivity index (χ3v) is 2.79. The predicted molar refractivity (Wildman–Crippen MR) is 63.6 cm³/mol. The lowest BCUT2D eigenvalue weighted by molar-refractivity contribution is 0.0157. The average molecular weight is 245 g/mol. The maximum Gasteiger partial charge on any atom is 0.407 e. The number of amides is 1. The molecule has 0 aromatic rings. The van der Waals surface area contributed by atoms with Crippen molar-refractivity contribution in [2.75, 3.05) is 0 Å². The highest BCUT2D eigenvalue weighted by molar-refractivity contribution is 5.68. The summed E-state index contributed by atoms with van der Waals surface area (Å²) in [5.74, 6) is 0. The Bertz CT molecular complexity index is 250. The molecule has 0 bridgehead atoms. The van der Waals surface area contributed by atoms with Gasteiger partial charge in [-0.05, 0) is 46.5 Å². The van der Waals surface area contributed by atoms with Crippen LogP contribution in [0.25, 0.3) is 0 Å². The fraction of sp³-hybridized carbons (Fsp3) is 0.917. The normalized spacial score (nSPS) is 30.5. The molecule has 3 atom stereocenters. The number of aliphatic hydroxyl groups excluding tert-OH is 2. The number of alkyl carbamates (subject to hydrolysis) is 1. The standard InChI is InChI=1S/C12H23NO4/c1-12(2,3)17-11(16)13-8-4-6-9(14)10(15)7-5-8/h8-10,14-15H,4-7H2,1-3H3,(H,13,16)/t8?,9-,10+. The number of aliphatic hydroxyl groups is 2. The van der Waals surface area contributed by atoms with Gasteiger partial charge in [-0.1, -0.05) is 0 Å². The molecule has 5 heteroatoms. The first-order valence-corrected chi connectivity index (χ1v) is 6.13. The van der Waals surface area contributed by atoms with Crippen molar-refractivity contribution in [1.82, 2.24) is 5.32 Å². The number of ether oxygens (including phenoxy) is 1. The highest BCUT2D eigenvalue weighted by Gasteiger charge is 2.26. The molecular formula is C12H23NO4. The van der Waals surface area contributed by atoms with Crippen molar-refractivity contribution in [1.29, 1.82) is 0 Å². The molecule has 0 aliphatic heterocycles. The molecule has 0 spiro atoms. The van der Waals surface area contributed by atoms with Crippen molar-refractivity contribution in [3.8, 4) is 0 Å². The van der Waals surface area contributed by atoms with Crippen molar-refractivity contribution < 1.29 is 19.7 Å². The number of hydrogen-bond acceptors (Lipinski definition) is 4. The number of carbonyl (C=O) groups is 1. The molecule has 0 saturated heterocycles. The monoisotopic (exact) mass is 245 g/mol. The van der Waals surface area contributed by atoms with Crippen molar-refractivity contribution in [2.45, 2.75) is 70.3 Å². The maximum atomic E-state index is 11.5. The highest BCUT2D eigenvalue weighted by atomic mass is 16.6. The van der Waals surface area contributed by atoms with Gasteiger partial charge < -0.3 is 20.3 Å². The molecule has 1 unspecified atom stereocenters. The van der Waals surface area contributed by atoms with Crippen LogP contribution in [0.4, 0.5) is 4.79 Å². The summed E-state index contributed by atoms with van der Waals surface area (Å²) in [4.78, 5) is 11.5. The number of rotatable bonds is 1. The molecule has 1 amide bonds. The molecule has 0 aromatic carbocycles. The van der Waals surface area contributed by atoms with Crippen LogP contribution < -0.4 is 5.32 Å². The van der Waals surface area contributed by atoms with E-state index in [-0.39, 0.29) is 6.04 Å². The van der Waals surface area contributed by atoms with Crippen LogP contribution in [0, 0.1) is 0 Å². The SMILES string of the molecule is CC(C)(C)OC(=O)NC1CC[C@@H](O)[C@@H](O)CC1. The first kappa shape index (κ1) is 14.3. The van der Waals surface area contributed by atoms with Crippen LogP contribution in [0.5, 0.6) is 0 Å². The summed E-state index contributed by atoms with van der Waals surface area (Å²) < 4.78 is 5.16. The second-order valence-electron chi connectivity index (χ2n) is 5.63. The van der Waals surface area contributed by atoms with Gasteiger partial charge in [-0.3, -0.25) is 0 Å². The minimum Gasteiger partial charge on any atom is -0.444 e. The smallest absolute Gasteiger partial charge is 0.407 e. The van der Waals surface area contributed by atoms with Crippen LogP contribution in [-0.2, 0) is 4.74 Å². The van der Waals surface area contributed by atoms with E-state index in [1.807, 2.05) is 20.8 Å². The molecule has 1 rings (SSSR count). The molecule has 100 valence electrons. The van der Waals surface area contributed by atoms with E-state index in [2.05, 4.69) is 5.32 Å². The molecule has 3 N–H and O–H groups in total. The third-order valence-electron chi connectivity index (χ3n) is 2.79. The highest BCUT2D eigenvalue weighted by Crippen LogP contribution is 2.19. The zero-order valence-corrected chi connectivity index (χ0v) is 10.8. The molecule has 1 saturated carbocycles. The largest absolute Gasteiger partial charge is 0.444 e. The maximum absolute atomic E-state index is 11.5. The molecule has 0 radical (unpaired) electrons. The number of hydrogen-bond donors (Lipinski definition) is 3. The minimum atomic E-state index is -0.680. The van der Waals surface area contributed by atoms with Crippen LogP contribution in [0.15, 0.2) is 0 Å². The number of nitrogens with one attached hydrogen (secondary N) is 1. The first-order chi connectivity index (χ1) is 7.78. The van der Waals surface area contributed by atoms with Crippen LogP contribution in [0.3, 0.4) is 0 Å². The Hall–Kier alpha value is -0.810. The van der Waals surface area contributed by atoms with E-state index in [0.717, 1.165) is 0 Å². The number of carbonyl (C=O) groups excluding carboxylic acids is 1. The van der Waals surface area contributed by atoms with Gasteiger partial charge in [-0.2, -0.15) is 0 Å². The summed E-state index contributed by atoms with van der Waals surface area (Å²) in [6, 6.07) is -0.0309. The van der Waals surface area contributed by atoms with E-state index >= 15 is 0 Å². The summed E-state index contributed by atoms with van der Waals surface area (Å²) >= 11 is 0. The molecule has 1 aliphatic carbocycles. The minimum absolute atomic E-state index is 0.0309. The zero-order valence-electron chi connectivity index (χ0n) is 10.8. The molecule has 17 heavy (non-hydrogen) atoms. The van der Waals surface area contributed by atoms with Crippen molar-refractivity contribution in [3.63, 3.8) is 0 Å². The Morgan fingerprint density at radius 3 is 2.00 bits per heavy atom. The van der Waals surface area contributed by atoms with Gasteiger partial charge in [0.2, 0.25) is 0 Å². The third kappa shape index (κ3) is 5.37. The lowest BCUT2D eigenvalue weighted by atomic mass is 10.1. The van der Waals surface area contributed by atoms with Crippen LogP contribution in [-0.4, -0.2) is 40.2 Å². The lowest BCUT2D eigenvalue weighted by Crippen LogP contribution is -2.39. The Morgan fingerprint density at radius 2 is 1.59 bits per heavy atom. The van der Waals surface area contributed by atoms with Crippen molar-refractivity contribution >= 4 is 6.09 Å². The van der Waals surface area contributed by atoms with Crippen LogP contribution in [0.1, 0.15) is 46.5 Å². The summed E-state index contributed by atoms with van der Waals surface area (Å²) in [6.45, 7) is 5.44. The average Bonchev–Trinajstić information content (AvgIpc) is 2.30. The van der Waals surface area contributed by atoms with E-state index in [1.165, 1.54) is 0 Å². The fourth-order valence-corrected chi connectivity index (χ4v) is 1.89. The topological polar surface area (TPSA) is 78.8 Å². The molecule has 0 aromatic heterocycles. The molecule has 0 heterocycles. The van der Waals surface area contributed by atoms with Crippen LogP contribution >= 0.6 is 0 Å². The van der Waals surface area contributed by atoms with E-state index in [4.69, 9.17) is 4.74 Å². The molecule has 5 nitrogen and oxygen atoms in total. The van der Waals surface area contributed by atoms with Gasteiger partial charge in [0, 0.05) is 6.04 Å². The summed E-state index contributed by atoms with van der Waals surface area (Å²) in [6.07, 6.45) is 0.535. The van der Waals surface area contributed by atoms with Crippen molar-refractivity contribution in [3.05, 3.63) is 0 Å². The Kier molecular flexibility index (Phi) is 4.77. The lowest BCUT2D eigenvalue weighted by Gasteiger charge is -2.22. The van der Waals surface area contributed by atoms with E-state index in [1.54, 1.807) is 0 Å². The summed E-state index contributed by atoms with van der Waals surface area (Å²) in [7, 11) is 0. The Balaban J connectivity index is 2.39. The first-order valence-electron chi connectivity index (χ1n) is 6.13. The van der Waals surface area contributed by atoms with Gasteiger partial charge >= 0.3 is 6.09 Å². The van der Waals surface area contributed by atoms with Gasteiger partial charge in [0.25, 0.3) is 0 Å². The molecule has 1 aliphatic rings. The predicted octanol–water partition coefficient (Wildman–Crippen LogP) is 1.18. The van der Waals surface area contributed by atoms with E-state index in [0.29, 0.717) is 25.7 Å². The van der Waals surface area contributed by atoms with Gasteiger partial charge in [0.15, 0.2) is 0 Å². The Morgan fingerprint density at radius 1 is 1.12 bits per heavy atom. The summed E-state index contributed by atoms with van der Waals surface area (Å²) in [5, 5.41) is 21.8. The zero-order chi connectivity index (χ0) is 13.1. The van der Waals surface area contributed by atoms with Gasteiger partial charge in [0.1, 0.15) is 5.60 Å². The van der Waals surface area contributed by atoms with Gasteiger partial charge in [0.05, 0.1) is 12.2 Å². The molecular weight excluding hydrogens is 222 g/mol. The van der Waals surface area contributed by atoms with Gasteiger partial charge in [-0.15, -0.1) is 0 Å². The molecule has 1 fully saturated rings. The second-order valence-corrected chi connectivity index (χ2v) is 5.63. The Labute approximate surface area is 102 Å². The fourth-order valence-electron chi connectivity index (χ4n) is 1.89. The van der Waals surface area contributed by atoms with E-state index in [9.17, 15) is 15.0 Å².